The van der Waals surface area contributed by atoms with E-state index in [0.717, 1.165) is 42.0 Å². The third-order valence-electron chi connectivity index (χ3n) is 3.82. The van der Waals surface area contributed by atoms with Gasteiger partial charge in [-0.25, -0.2) is 4.39 Å². The smallest absolute Gasteiger partial charge is 0.123 e. The fourth-order valence-corrected chi connectivity index (χ4v) is 2.93. The van der Waals surface area contributed by atoms with Crippen LogP contribution in [0.25, 0.3) is 11.1 Å². The van der Waals surface area contributed by atoms with Crippen LogP contribution in [0, 0.1) is 19.7 Å². The molecule has 1 unspecified atom stereocenters. The molecule has 100 valence electrons. The molecule has 1 aliphatic heterocycles. The minimum absolute atomic E-state index is 0.202. The maximum absolute atomic E-state index is 13.4. The van der Waals surface area contributed by atoms with Gasteiger partial charge in [0.1, 0.15) is 5.82 Å². The summed E-state index contributed by atoms with van der Waals surface area (Å²) in [5.41, 5.74) is 4.06. The zero-order valence-corrected chi connectivity index (χ0v) is 11.3. The van der Waals surface area contributed by atoms with Gasteiger partial charge >= 0.3 is 0 Å². The monoisotopic (exact) mass is 259 g/mol. The van der Waals surface area contributed by atoms with E-state index in [1.165, 1.54) is 6.07 Å². The van der Waals surface area contributed by atoms with Crippen LogP contribution < -0.4 is 5.32 Å². The minimum Gasteiger partial charge on any atom is -0.315 e. The summed E-state index contributed by atoms with van der Waals surface area (Å²) in [5, 5.41) is 8.01. The Morgan fingerprint density at radius 1 is 1.37 bits per heavy atom. The van der Waals surface area contributed by atoms with Crippen LogP contribution in [0.2, 0.25) is 0 Å². The summed E-state index contributed by atoms with van der Waals surface area (Å²) >= 11 is 0. The second-order valence-corrected chi connectivity index (χ2v) is 5.15. The molecule has 19 heavy (non-hydrogen) atoms. The molecule has 0 saturated carbocycles. The van der Waals surface area contributed by atoms with Gasteiger partial charge in [0.25, 0.3) is 0 Å². The summed E-state index contributed by atoms with van der Waals surface area (Å²) in [7, 11) is 0. The molecule has 0 spiro atoms. The number of rotatable bonds is 2. The summed E-state index contributed by atoms with van der Waals surface area (Å²) in [6, 6.07) is 7.16. The summed E-state index contributed by atoms with van der Waals surface area (Å²) in [6.45, 7) is 6.06. The Bertz CT molecular complexity index is 597. The fraction of sp³-hybridized carbons (Fsp3) is 0.400. The Balaban J connectivity index is 2.07. The van der Waals surface area contributed by atoms with E-state index in [1.54, 1.807) is 12.1 Å². The maximum Gasteiger partial charge on any atom is 0.123 e. The van der Waals surface area contributed by atoms with Gasteiger partial charge < -0.3 is 5.32 Å². The van der Waals surface area contributed by atoms with E-state index in [1.807, 2.05) is 13.0 Å². The van der Waals surface area contributed by atoms with Crippen LogP contribution in [0.1, 0.15) is 23.9 Å². The largest absolute Gasteiger partial charge is 0.315 e. The van der Waals surface area contributed by atoms with Gasteiger partial charge in [-0.3, -0.25) is 4.68 Å². The normalized spacial score (nSPS) is 19.0. The molecule has 2 heterocycles. The number of hydrogen-bond acceptors (Lipinski definition) is 2. The lowest BCUT2D eigenvalue weighted by Crippen LogP contribution is -2.15. The zero-order valence-electron chi connectivity index (χ0n) is 11.3. The van der Waals surface area contributed by atoms with Gasteiger partial charge in [0, 0.05) is 17.8 Å². The van der Waals surface area contributed by atoms with E-state index in [4.69, 9.17) is 0 Å². The molecule has 0 aliphatic carbocycles. The van der Waals surface area contributed by atoms with Crippen molar-refractivity contribution >= 4 is 0 Å². The van der Waals surface area contributed by atoms with E-state index in [9.17, 15) is 4.39 Å². The van der Waals surface area contributed by atoms with Crippen molar-refractivity contribution in [2.75, 3.05) is 13.1 Å². The molecule has 0 bridgehead atoms. The number of nitrogens with one attached hydrogen (secondary N) is 1. The van der Waals surface area contributed by atoms with Gasteiger partial charge in [0.05, 0.1) is 11.7 Å². The molecule has 3 rings (SSSR count). The Kier molecular flexibility index (Phi) is 3.11. The van der Waals surface area contributed by atoms with Crippen molar-refractivity contribution in [3.63, 3.8) is 0 Å². The maximum atomic E-state index is 13.4. The highest BCUT2D eigenvalue weighted by Gasteiger charge is 2.22. The predicted octanol–water partition coefficient (Wildman–Crippen LogP) is 2.84. The van der Waals surface area contributed by atoms with Crippen molar-refractivity contribution in [1.82, 2.24) is 15.1 Å². The zero-order chi connectivity index (χ0) is 13.4. The fourth-order valence-electron chi connectivity index (χ4n) is 2.93. The summed E-state index contributed by atoms with van der Waals surface area (Å²) < 4.78 is 15.5. The lowest BCUT2D eigenvalue weighted by molar-refractivity contribution is 0.477. The molecule has 2 aromatic rings. The van der Waals surface area contributed by atoms with Crippen molar-refractivity contribution in [2.45, 2.75) is 26.3 Å². The van der Waals surface area contributed by atoms with E-state index >= 15 is 0 Å². The van der Waals surface area contributed by atoms with Gasteiger partial charge in [0.15, 0.2) is 0 Å². The molecular formula is C15H18FN3. The van der Waals surface area contributed by atoms with Crippen molar-refractivity contribution in [3.8, 4) is 11.1 Å². The van der Waals surface area contributed by atoms with E-state index < -0.39 is 0 Å². The average molecular weight is 259 g/mol. The van der Waals surface area contributed by atoms with Crippen LogP contribution in [0.5, 0.6) is 0 Å². The summed E-state index contributed by atoms with van der Waals surface area (Å²) in [6.07, 6.45) is 1.10. The van der Waals surface area contributed by atoms with Crippen LogP contribution in [0.3, 0.4) is 0 Å². The molecule has 1 aromatic heterocycles. The number of benzene rings is 1. The lowest BCUT2D eigenvalue weighted by Gasteiger charge is -2.12. The Morgan fingerprint density at radius 2 is 2.21 bits per heavy atom. The first kappa shape index (κ1) is 12.4. The first-order valence-corrected chi connectivity index (χ1v) is 6.69. The first-order valence-electron chi connectivity index (χ1n) is 6.69. The molecule has 1 aliphatic rings. The quantitative estimate of drug-likeness (QED) is 0.898. The molecule has 1 N–H and O–H groups in total. The van der Waals surface area contributed by atoms with Gasteiger partial charge in [0.2, 0.25) is 0 Å². The first-order chi connectivity index (χ1) is 9.16. The second kappa shape index (κ2) is 4.78. The highest BCUT2D eigenvalue weighted by Crippen LogP contribution is 2.30. The summed E-state index contributed by atoms with van der Waals surface area (Å²) in [5.74, 6) is -0.202. The summed E-state index contributed by atoms with van der Waals surface area (Å²) in [4.78, 5) is 0. The minimum atomic E-state index is -0.202. The van der Waals surface area contributed by atoms with Crippen molar-refractivity contribution in [1.29, 1.82) is 0 Å². The topological polar surface area (TPSA) is 29.9 Å². The number of aryl methyl sites for hydroxylation is 1. The van der Waals surface area contributed by atoms with Crippen molar-refractivity contribution in [3.05, 3.63) is 41.5 Å². The standard InChI is InChI=1S/C15H18FN3/c1-10-15(12-4-3-5-13(16)8-12)11(2)19(18-10)14-6-7-17-9-14/h3-5,8,14,17H,6-7,9H2,1-2H3. The van der Waals surface area contributed by atoms with E-state index in [2.05, 4.69) is 22.0 Å². The molecule has 1 atom stereocenters. The second-order valence-electron chi connectivity index (χ2n) is 5.15. The predicted molar refractivity (Wildman–Crippen MR) is 73.6 cm³/mol. The van der Waals surface area contributed by atoms with Crippen LogP contribution >= 0.6 is 0 Å². The van der Waals surface area contributed by atoms with Crippen molar-refractivity contribution < 1.29 is 4.39 Å². The molecule has 0 amide bonds. The van der Waals surface area contributed by atoms with Crippen LogP contribution in [-0.4, -0.2) is 22.9 Å². The van der Waals surface area contributed by atoms with Crippen LogP contribution in [0.15, 0.2) is 24.3 Å². The number of aromatic nitrogens is 2. The Hall–Kier alpha value is -1.68. The molecular weight excluding hydrogens is 241 g/mol. The third-order valence-corrected chi connectivity index (χ3v) is 3.82. The molecule has 3 nitrogen and oxygen atoms in total. The lowest BCUT2D eigenvalue weighted by atomic mass is 10.0. The molecule has 0 radical (unpaired) electrons. The van der Waals surface area contributed by atoms with Crippen LogP contribution in [0.4, 0.5) is 4.39 Å². The van der Waals surface area contributed by atoms with E-state index in [-0.39, 0.29) is 5.82 Å². The van der Waals surface area contributed by atoms with E-state index in [0.29, 0.717) is 6.04 Å². The van der Waals surface area contributed by atoms with Gasteiger partial charge in [-0.05, 0) is 44.5 Å². The highest BCUT2D eigenvalue weighted by atomic mass is 19.1. The average Bonchev–Trinajstić information content (AvgIpc) is 2.97. The van der Waals surface area contributed by atoms with Crippen LogP contribution in [-0.2, 0) is 0 Å². The van der Waals surface area contributed by atoms with Gasteiger partial charge in [-0.2, -0.15) is 5.10 Å². The molecule has 1 saturated heterocycles. The molecule has 1 aromatic carbocycles. The SMILES string of the molecule is Cc1nn(C2CCNC2)c(C)c1-c1cccc(F)c1. The molecule has 1 fully saturated rings. The Labute approximate surface area is 112 Å². The molecule has 4 heteroatoms. The number of nitrogens with zero attached hydrogens (tertiary/aromatic N) is 2. The highest BCUT2D eigenvalue weighted by molar-refractivity contribution is 5.68. The Morgan fingerprint density at radius 3 is 2.89 bits per heavy atom. The number of halogens is 1. The third kappa shape index (κ3) is 2.16. The van der Waals surface area contributed by atoms with Gasteiger partial charge in [-0.15, -0.1) is 0 Å². The van der Waals surface area contributed by atoms with Crippen molar-refractivity contribution in [2.24, 2.45) is 0 Å². The number of hydrogen-bond donors (Lipinski definition) is 1. The van der Waals surface area contributed by atoms with Gasteiger partial charge in [-0.1, -0.05) is 12.1 Å².